The molecule has 0 heterocycles. The van der Waals surface area contributed by atoms with Gasteiger partial charge in [0.1, 0.15) is 0 Å². The minimum atomic E-state index is -1.52. The van der Waals surface area contributed by atoms with Gasteiger partial charge >= 0.3 is 6.03 Å². The fraction of sp³-hybridized carbons (Fsp3) is 0.833. The van der Waals surface area contributed by atoms with Crippen molar-refractivity contribution < 1.29 is 19.4 Å². The van der Waals surface area contributed by atoms with Crippen LogP contribution < -0.4 is 16.8 Å². The normalized spacial score (nSPS) is 11.5. The van der Waals surface area contributed by atoms with E-state index in [-0.39, 0.29) is 30.6 Å². The molecule has 8 nitrogen and oxygen atoms in total. The average Bonchev–Trinajstić information content (AvgIpc) is 2.38. The molecule has 23 heavy (non-hydrogen) atoms. The van der Waals surface area contributed by atoms with Crippen molar-refractivity contribution in [2.24, 2.45) is 11.5 Å². The third kappa shape index (κ3) is 62.2. The first-order chi connectivity index (χ1) is 10.4. The third-order valence-electron chi connectivity index (χ3n) is 1.30. The number of rotatable bonds is 4. The molecule has 0 unspecified atom stereocenters. The Labute approximate surface area is 149 Å². The third-order valence-corrected chi connectivity index (χ3v) is 2.01. The van der Waals surface area contributed by atoms with E-state index in [4.69, 9.17) is 50.1 Å². The largest absolute Gasteiger partial charge is 0.483 e. The van der Waals surface area contributed by atoms with E-state index in [1.807, 2.05) is 19.6 Å². The smallest absolute Gasteiger partial charge is 0.312 e. The molecule has 0 bridgehead atoms. The van der Waals surface area contributed by atoms with E-state index in [9.17, 15) is 4.79 Å². The standard InChI is InChI=1S/C4H10N2O2.C4H9NOSi.C3H9NO.CH2Cl2/c1-3(2-7)6-4(5)8;1-7(2,3)6-4-5;1-3(4)2-5;2-1-3/h3,7H,2H2,1H3,(H3,5,6,8);1-3H3;3,5H,2,4H2,1H3;1H2/t3-;;3-;/m1.1./s1. The Hall–Kier alpha value is -0.763. The summed E-state index contributed by atoms with van der Waals surface area (Å²) >= 11 is 9.53. The number of alkyl halides is 2. The average molecular weight is 393 g/mol. The van der Waals surface area contributed by atoms with Crippen LogP contribution in [0.3, 0.4) is 0 Å². The SMILES string of the molecule is C[C@@H](N)CO.C[C@H](CO)NC(N)=O.C[Si](C)(C)OC#N.ClCCl. The maximum absolute atomic E-state index is 9.97. The Bertz CT molecular complexity index is 300. The molecule has 0 spiro atoms. The Morgan fingerprint density at radius 3 is 1.70 bits per heavy atom. The van der Waals surface area contributed by atoms with Crippen molar-refractivity contribution in [2.45, 2.75) is 45.6 Å². The van der Waals surface area contributed by atoms with Gasteiger partial charge in [-0.15, -0.1) is 23.2 Å². The summed E-state index contributed by atoms with van der Waals surface area (Å²) in [6.07, 6.45) is 1.67. The number of hydrogen-bond donors (Lipinski definition) is 5. The highest BCUT2D eigenvalue weighted by Crippen LogP contribution is 1.99. The zero-order chi connectivity index (χ0) is 19.5. The van der Waals surface area contributed by atoms with Gasteiger partial charge in [-0.05, 0) is 33.5 Å². The molecule has 140 valence electrons. The number of primary amides is 1. The predicted octanol–water partition coefficient (Wildman–Crippen LogP) is 1.10. The summed E-state index contributed by atoms with van der Waals surface area (Å²) in [5.74, 6) is 0. The predicted molar refractivity (Wildman–Crippen MR) is 96.6 cm³/mol. The minimum absolute atomic E-state index is 0.0602. The molecule has 0 aliphatic heterocycles. The zero-order valence-electron chi connectivity index (χ0n) is 14.3. The molecule has 0 aromatic heterocycles. The molecular weight excluding hydrogens is 363 g/mol. The Morgan fingerprint density at radius 1 is 1.30 bits per heavy atom. The van der Waals surface area contributed by atoms with Crippen molar-refractivity contribution in [3.8, 4) is 6.26 Å². The summed E-state index contributed by atoms with van der Waals surface area (Å²) in [5.41, 5.74) is 9.75. The number of nitriles is 1. The van der Waals surface area contributed by atoms with Crippen LogP contribution in [0.4, 0.5) is 4.79 Å². The van der Waals surface area contributed by atoms with Gasteiger partial charge in [-0.25, -0.2) is 4.79 Å². The van der Waals surface area contributed by atoms with Crippen LogP contribution in [0.15, 0.2) is 0 Å². The van der Waals surface area contributed by atoms with E-state index in [1.54, 1.807) is 20.1 Å². The number of nitrogens with zero attached hydrogens (tertiary/aromatic N) is 1. The summed E-state index contributed by atoms with van der Waals surface area (Å²) in [6, 6.07) is -0.908. The van der Waals surface area contributed by atoms with Crippen LogP contribution >= 0.6 is 23.2 Å². The van der Waals surface area contributed by atoms with Crippen molar-refractivity contribution in [1.29, 1.82) is 5.26 Å². The van der Waals surface area contributed by atoms with E-state index >= 15 is 0 Å². The highest BCUT2D eigenvalue weighted by atomic mass is 35.5. The molecule has 0 aliphatic rings. The second kappa shape index (κ2) is 21.2. The van der Waals surface area contributed by atoms with Gasteiger partial charge in [0.15, 0.2) is 0 Å². The Kier molecular flexibility index (Phi) is 27.8. The number of amides is 2. The first-order valence-corrected chi connectivity index (χ1v) is 11.1. The highest BCUT2D eigenvalue weighted by molar-refractivity contribution is 6.70. The quantitative estimate of drug-likeness (QED) is 0.274. The number of nitrogens with two attached hydrogens (primary N) is 2. The lowest BCUT2D eigenvalue weighted by molar-refractivity contribution is 0.227. The molecule has 0 saturated heterocycles. The van der Waals surface area contributed by atoms with Crippen LogP contribution in [-0.4, -0.2) is 55.2 Å². The molecule has 0 aliphatic carbocycles. The number of nitrogens with one attached hydrogen (secondary N) is 1. The first kappa shape index (κ1) is 30.2. The molecule has 7 N–H and O–H groups in total. The highest BCUT2D eigenvalue weighted by Gasteiger charge is 2.14. The second-order valence-electron chi connectivity index (χ2n) is 5.16. The molecule has 0 saturated carbocycles. The molecule has 0 radical (unpaired) electrons. The van der Waals surface area contributed by atoms with Gasteiger partial charge in [0.2, 0.25) is 0 Å². The summed E-state index contributed by atoms with van der Waals surface area (Å²) in [6.45, 7) is 9.32. The van der Waals surface area contributed by atoms with Gasteiger partial charge in [-0.2, -0.15) is 5.26 Å². The number of carbonyl (C=O) groups excluding carboxylic acids is 1. The lowest BCUT2D eigenvalue weighted by atomic mass is 10.4. The van der Waals surface area contributed by atoms with Crippen molar-refractivity contribution >= 4 is 37.6 Å². The van der Waals surface area contributed by atoms with E-state index in [2.05, 4.69) is 9.74 Å². The topological polar surface area (TPSA) is 155 Å². The number of urea groups is 1. The lowest BCUT2D eigenvalue weighted by Gasteiger charge is -2.08. The Morgan fingerprint density at radius 2 is 1.65 bits per heavy atom. The van der Waals surface area contributed by atoms with Gasteiger partial charge in [-0.3, -0.25) is 0 Å². The van der Waals surface area contributed by atoms with Crippen molar-refractivity contribution in [3.05, 3.63) is 0 Å². The number of carbonyl (C=O) groups is 1. The number of hydrogen-bond acceptors (Lipinski definition) is 6. The van der Waals surface area contributed by atoms with Crippen molar-refractivity contribution in [2.75, 3.05) is 18.6 Å². The van der Waals surface area contributed by atoms with E-state index in [1.165, 1.54) is 0 Å². The zero-order valence-corrected chi connectivity index (χ0v) is 16.9. The van der Waals surface area contributed by atoms with Crippen LogP contribution in [0.1, 0.15) is 13.8 Å². The van der Waals surface area contributed by atoms with E-state index in [0.717, 1.165) is 0 Å². The molecular formula is C12H30Cl2N4O4Si. The fourth-order valence-electron chi connectivity index (χ4n) is 0.425. The summed E-state index contributed by atoms with van der Waals surface area (Å²) in [4.78, 5) is 9.97. The lowest BCUT2D eigenvalue weighted by Crippen LogP contribution is -2.38. The molecule has 0 aromatic rings. The van der Waals surface area contributed by atoms with Crippen LogP contribution in [0.5, 0.6) is 0 Å². The van der Waals surface area contributed by atoms with Crippen molar-refractivity contribution in [1.82, 2.24) is 5.32 Å². The molecule has 2 amide bonds. The monoisotopic (exact) mass is 392 g/mol. The number of aliphatic hydroxyl groups excluding tert-OH is 2. The Balaban J connectivity index is -0.000000111. The molecule has 0 fully saturated rings. The summed E-state index contributed by atoms with van der Waals surface area (Å²) in [7, 11) is -1.52. The van der Waals surface area contributed by atoms with Crippen molar-refractivity contribution in [3.63, 3.8) is 0 Å². The van der Waals surface area contributed by atoms with Crippen LogP contribution in [0.2, 0.25) is 19.6 Å². The number of halogens is 2. The van der Waals surface area contributed by atoms with Gasteiger partial charge in [-0.1, -0.05) is 0 Å². The van der Waals surface area contributed by atoms with Crippen LogP contribution in [0, 0.1) is 11.5 Å². The number of aliphatic hydroxyl groups is 2. The van der Waals surface area contributed by atoms with Gasteiger partial charge < -0.3 is 31.4 Å². The molecule has 0 aromatic carbocycles. The minimum Gasteiger partial charge on any atom is -0.483 e. The van der Waals surface area contributed by atoms with Gasteiger partial charge in [0.25, 0.3) is 14.6 Å². The van der Waals surface area contributed by atoms with Crippen LogP contribution in [0.25, 0.3) is 0 Å². The van der Waals surface area contributed by atoms with E-state index < -0.39 is 14.3 Å². The molecule has 0 rings (SSSR count). The molecule has 2 atom stereocenters. The maximum Gasteiger partial charge on any atom is 0.312 e. The fourth-order valence-corrected chi connectivity index (χ4v) is 0.699. The summed E-state index contributed by atoms with van der Waals surface area (Å²) in [5, 5.41) is 26.8. The van der Waals surface area contributed by atoms with E-state index in [0.29, 0.717) is 0 Å². The first-order valence-electron chi connectivity index (χ1n) is 6.63. The molecule has 11 heteroatoms. The summed E-state index contributed by atoms with van der Waals surface area (Å²) < 4.78 is 4.67. The second-order valence-corrected chi connectivity index (χ2v) is 10.4. The van der Waals surface area contributed by atoms with Gasteiger partial charge in [0.05, 0.1) is 24.6 Å². The van der Waals surface area contributed by atoms with Crippen LogP contribution in [-0.2, 0) is 4.43 Å². The van der Waals surface area contributed by atoms with Gasteiger partial charge in [0, 0.05) is 6.04 Å². The maximum atomic E-state index is 9.97.